The molecule has 0 heterocycles. The van der Waals surface area contributed by atoms with Crippen LogP contribution in [0.25, 0.3) is 0 Å². The van der Waals surface area contributed by atoms with Crippen LogP contribution in [0.3, 0.4) is 0 Å². The van der Waals surface area contributed by atoms with Crippen LogP contribution >= 0.6 is 28.1 Å². The van der Waals surface area contributed by atoms with Gasteiger partial charge < -0.3 is 10.1 Å². The van der Waals surface area contributed by atoms with E-state index < -0.39 is 0 Å². The number of hydrogen-bond acceptors (Lipinski definition) is 3. The van der Waals surface area contributed by atoms with E-state index >= 15 is 0 Å². The van der Waals surface area contributed by atoms with Crippen LogP contribution in [0.1, 0.15) is 75.1 Å². The third kappa shape index (κ3) is 8.31. The van der Waals surface area contributed by atoms with Gasteiger partial charge in [-0.3, -0.25) is 10.1 Å². The molecule has 1 aromatic rings. The highest BCUT2D eigenvalue weighted by molar-refractivity contribution is 9.10. The fraction of sp³-hybridized carbons (Fsp3) is 0.545. The van der Waals surface area contributed by atoms with Gasteiger partial charge in [-0.15, -0.1) is 0 Å². The SMILES string of the molecule is CCCCCCOc1ccc(Br)cc1C(=O)NC(=S)NCCC1=CCCCC1. The maximum Gasteiger partial charge on any atom is 0.261 e. The molecule has 2 N–H and O–H groups in total. The van der Waals surface area contributed by atoms with Crippen molar-refractivity contribution >= 4 is 39.2 Å². The largest absolute Gasteiger partial charge is 0.493 e. The molecule has 0 atom stereocenters. The second-order valence-electron chi connectivity index (χ2n) is 7.12. The van der Waals surface area contributed by atoms with Crippen LogP contribution in [-0.2, 0) is 0 Å². The van der Waals surface area contributed by atoms with Gasteiger partial charge in [0.25, 0.3) is 5.91 Å². The van der Waals surface area contributed by atoms with Gasteiger partial charge >= 0.3 is 0 Å². The number of unbranched alkanes of at least 4 members (excludes halogenated alkanes) is 3. The number of amides is 1. The lowest BCUT2D eigenvalue weighted by molar-refractivity contribution is 0.0972. The summed E-state index contributed by atoms with van der Waals surface area (Å²) in [5.74, 6) is 0.339. The van der Waals surface area contributed by atoms with Gasteiger partial charge in [0, 0.05) is 11.0 Å². The highest BCUT2D eigenvalue weighted by Crippen LogP contribution is 2.24. The van der Waals surface area contributed by atoms with Crippen LogP contribution < -0.4 is 15.4 Å². The second-order valence-corrected chi connectivity index (χ2v) is 8.44. The Bertz CT molecular complexity index is 691. The van der Waals surface area contributed by atoms with E-state index in [1.54, 1.807) is 6.07 Å². The number of carbonyl (C=O) groups is 1. The van der Waals surface area contributed by atoms with Gasteiger partial charge in [0.05, 0.1) is 12.2 Å². The van der Waals surface area contributed by atoms with Crippen molar-refractivity contribution in [2.24, 2.45) is 0 Å². The van der Waals surface area contributed by atoms with Crippen LogP contribution in [0.5, 0.6) is 5.75 Å². The number of carbonyl (C=O) groups excluding carboxylic acids is 1. The molecular weight excluding hydrogens is 436 g/mol. The molecule has 0 saturated heterocycles. The van der Waals surface area contributed by atoms with Gasteiger partial charge in [0.1, 0.15) is 5.75 Å². The van der Waals surface area contributed by atoms with Crippen LogP contribution in [0.4, 0.5) is 0 Å². The lowest BCUT2D eigenvalue weighted by atomic mass is 9.97. The normalized spacial score (nSPS) is 13.6. The number of hydrogen-bond donors (Lipinski definition) is 2. The van der Waals surface area contributed by atoms with E-state index in [0.29, 0.717) is 23.0 Å². The predicted molar refractivity (Wildman–Crippen MR) is 123 cm³/mol. The standard InChI is InChI=1S/C22H31BrN2O2S/c1-2-3-4-8-15-27-20-12-11-18(23)16-19(20)21(26)25-22(28)24-14-13-17-9-6-5-7-10-17/h9,11-12,16H,2-8,10,13-15H2,1H3,(H2,24,25,26,28). The smallest absolute Gasteiger partial charge is 0.261 e. The summed E-state index contributed by atoms with van der Waals surface area (Å²) < 4.78 is 6.68. The molecule has 28 heavy (non-hydrogen) atoms. The number of halogens is 1. The Kier molecular flexibility index (Phi) is 10.6. The third-order valence-electron chi connectivity index (χ3n) is 4.79. The van der Waals surface area contributed by atoms with E-state index in [4.69, 9.17) is 17.0 Å². The number of nitrogens with one attached hydrogen (secondary N) is 2. The molecule has 1 aromatic carbocycles. The van der Waals surface area contributed by atoms with Crippen LogP contribution in [0.15, 0.2) is 34.3 Å². The molecule has 0 unspecified atom stereocenters. The monoisotopic (exact) mass is 466 g/mol. The van der Waals surface area contributed by atoms with E-state index in [-0.39, 0.29) is 5.91 Å². The van der Waals surface area contributed by atoms with Gasteiger partial charge in [0.15, 0.2) is 5.11 Å². The molecule has 0 aliphatic heterocycles. The Morgan fingerprint density at radius 1 is 1.25 bits per heavy atom. The summed E-state index contributed by atoms with van der Waals surface area (Å²) in [4.78, 5) is 12.7. The van der Waals surface area contributed by atoms with Gasteiger partial charge in [-0.25, -0.2) is 0 Å². The first-order chi connectivity index (χ1) is 13.6. The third-order valence-corrected chi connectivity index (χ3v) is 5.53. The number of ether oxygens (including phenoxy) is 1. The summed E-state index contributed by atoms with van der Waals surface area (Å²) in [6.45, 7) is 3.53. The molecule has 1 aliphatic carbocycles. The van der Waals surface area contributed by atoms with E-state index in [2.05, 4.69) is 39.6 Å². The Morgan fingerprint density at radius 2 is 2.11 bits per heavy atom. The zero-order valence-corrected chi connectivity index (χ0v) is 19.1. The fourth-order valence-electron chi connectivity index (χ4n) is 3.20. The summed E-state index contributed by atoms with van der Waals surface area (Å²) in [5.41, 5.74) is 1.97. The zero-order chi connectivity index (χ0) is 20.2. The molecule has 2 rings (SSSR count). The van der Waals surface area contributed by atoms with Gasteiger partial charge in [-0.2, -0.15) is 0 Å². The van der Waals surface area contributed by atoms with Crippen LogP contribution in [0.2, 0.25) is 0 Å². The lowest BCUT2D eigenvalue weighted by Crippen LogP contribution is -2.39. The minimum atomic E-state index is -0.251. The molecule has 1 amide bonds. The van der Waals surface area contributed by atoms with Crippen molar-refractivity contribution in [1.82, 2.24) is 10.6 Å². The number of allylic oxidation sites excluding steroid dienone is 1. The first-order valence-electron chi connectivity index (χ1n) is 10.3. The summed E-state index contributed by atoms with van der Waals surface area (Å²) in [6.07, 6.45) is 12.7. The summed E-state index contributed by atoms with van der Waals surface area (Å²) in [7, 11) is 0. The van der Waals surface area contributed by atoms with Crippen molar-refractivity contribution in [3.63, 3.8) is 0 Å². The van der Waals surface area contributed by atoms with Gasteiger partial charge in [0.2, 0.25) is 0 Å². The summed E-state index contributed by atoms with van der Waals surface area (Å²) in [5, 5.41) is 6.27. The maximum absolute atomic E-state index is 12.7. The lowest BCUT2D eigenvalue weighted by Gasteiger charge is -2.15. The first-order valence-corrected chi connectivity index (χ1v) is 11.5. The van der Waals surface area contributed by atoms with Crippen molar-refractivity contribution in [1.29, 1.82) is 0 Å². The van der Waals surface area contributed by atoms with Crippen LogP contribution in [0, 0.1) is 0 Å². The van der Waals surface area contributed by atoms with Crippen LogP contribution in [-0.4, -0.2) is 24.2 Å². The number of benzene rings is 1. The van der Waals surface area contributed by atoms with Crippen molar-refractivity contribution in [3.8, 4) is 5.75 Å². The van der Waals surface area contributed by atoms with Gasteiger partial charge in [-0.1, -0.05) is 53.8 Å². The fourth-order valence-corrected chi connectivity index (χ4v) is 3.76. The molecule has 1 aliphatic rings. The quantitative estimate of drug-likeness (QED) is 0.256. The van der Waals surface area contributed by atoms with E-state index in [1.165, 1.54) is 44.1 Å². The summed E-state index contributed by atoms with van der Waals surface area (Å²) >= 11 is 8.72. The molecular formula is C22H31BrN2O2S. The Balaban J connectivity index is 1.83. The zero-order valence-electron chi connectivity index (χ0n) is 16.7. The molecule has 6 heteroatoms. The molecule has 0 spiro atoms. The molecule has 0 saturated carbocycles. The van der Waals surface area contributed by atoms with Crippen molar-refractivity contribution in [2.75, 3.05) is 13.2 Å². The Morgan fingerprint density at radius 3 is 2.86 bits per heavy atom. The molecule has 0 radical (unpaired) electrons. The van der Waals surface area contributed by atoms with Crippen molar-refractivity contribution < 1.29 is 9.53 Å². The highest BCUT2D eigenvalue weighted by Gasteiger charge is 2.15. The minimum Gasteiger partial charge on any atom is -0.493 e. The predicted octanol–water partition coefficient (Wildman–Crippen LogP) is 5.90. The van der Waals surface area contributed by atoms with E-state index in [0.717, 1.165) is 30.3 Å². The molecule has 0 aromatic heterocycles. The van der Waals surface area contributed by atoms with Gasteiger partial charge in [-0.05, 0) is 68.9 Å². The Labute approximate surface area is 182 Å². The second kappa shape index (κ2) is 12.9. The van der Waals surface area contributed by atoms with E-state index in [1.807, 2.05) is 12.1 Å². The average molecular weight is 467 g/mol. The van der Waals surface area contributed by atoms with E-state index in [9.17, 15) is 4.79 Å². The summed E-state index contributed by atoms with van der Waals surface area (Å²) in [6, 6.07) is 5.48. The first kappa shape index (κ1) is 22.9. The molecule has 0 bridgehead atoms. The topological polar surface area (TPSA) is 50.4 Å². The highest BCUT2D eigenvalue weighted by atomic mass is 79.9. The number of thiocarbonyl (C=S) groups is 1. The number of rotatable bonds is 10. The average Bonchev–Trinajstić information content (AvgIpc) is 2.69. The molecule has 4 nitrogen and oxygen atoms in total. The molecule has 0 fully saturated rings. The van der Waals surface area contributed by atoms with Crippen molar-refractivity contribution in [3.05, 3.63) is 39.9 Å². The molecule has 154 valence electrons. The Hall–Kier alpha value is -1.40. The maximum atomic E-state index is 12.7. The minimum absolute atomic E-state index is 0.251. The van der Waals surface area contributed by atoms with Crippen molar-refractivity contribution in [2.45, 2.75) is 64.7 Å².